The monoisotopic (exact) mass is 304 g/mol. The molecule has 2 rings (SSSR count). The summed E-state index contributed by atoms with van der Waals surface area (Å²) in [5.74, 6) is -0.0327. The average molecular weight is 304 g/mol. The highest BCUT2D eigenvalue weighted by Crippen LogP contribution is 2.32. The van der Waals surface area contributed by atoms with Crippen LogP contribution in [-0.4, -0.2) is 39.8 Å². The summed E-state index contributed by atoms with van der Waals surface area (Å²) >= 11 is 0. The van der Waals surface area contributed by atoms with E-state index in [9.17, 15) is 4.79 Å². The number of aryl methyl sites for hydroxylation is 1. The first-order valence-corrected chi connectivity index (χ1v) is 7.94. The molecule has 2 heterocycles. The Morgan fingerprint density at radius 3 is 2.82 bits per heavy atom. The van der Waals surface area contributed by atoms with Gasteiger partial charge in [-0.15, -0.1) is 0 Å². The molecule has 2 atom stereocenters. The van der Waals surface area contributed by atoms with E-state index in [0.29, 0.717) is 38.2 Å². The number of fused-ring (bicyclic) bond motifs is 1. The van der Waals surface area contributed by atoms with Gasteiger partial charge in [-0.05, 0) is 27.7 Å². The van der Waals surface area contributed by atoms with Crippen LogP contribution in [0.3, 0.4) is 0 Å². The van der Waals surface area contributed by atoms with Gasteiger partial charge in [0.2, 0.25) is 0 Å². The predicted molar refractivity (Wildman–Crippen MR) is 82.4 cm³/mol. The van der Waals surface area contributed by atoms with E-state index in [1.54, 1.807) is 9.58 Å². The molecule has 1 aromatic rings. The summed E-state index contributed by atoms with van der Waals surface area (Å²) in [6, 6.07) is 2.10. The van der Waals surface area contributed by atoms with Crippen LogP contribution in [0.15, 0.2) is 0 Å². The highest BCUT2D eigenvalue weighted by Gasteiger charge is 2.33. The van der Waals surface area contributed by atoms with Crippen molar-refractivity contribution in [1.29, 1.82) is 5.26 Å². The first-order valence-electron chi connectivity index (χ1n) is 7.94. The van der Waals surface area contributed by atoms with Crippen molar-refractivity contribution in [2.45, 2.75) is 59.3 Å². The molecule has 0 fully saturated rings. The number of ether oxygens (including phenoxy) is 1. The van der Waals surface area contributed by atoms with Gasteiger partial charge in [0.15, 0.2) is 0 Å². The van der Waals surface area contributed by atoms with E-state index in [-0.39, 0.29) is 18.1 Å². The first-order chi connectivity index (χ1) is 10.5. The summed E-state index contributed by atoms with van der Waals surface area (Å²) in [5, 5.41) is 13.3. The molecule has 6 nitrogen and oxygen atoms in total. The van der Waals surface area contributed by atoms with Gasteiger partial charge in [-0.2, -0.15) is 10.4 Å². The largest absolute Gasteiger partial charge is 0.369 e. The lowest BCUT2D eigenvalue weighted by Gasteiger charge is -2.26. The van der Waals surface area contributed by atoms with Crippen molar-refractivity contribution >= 4 is 5.91 Å². The summed E-state index contributed by atoms with van der Waals surface area (Å²) in [4.78, 5) is 14.6. The Hall–Kier alpha value is -1.87. The lowest BCUT2D eigenvalue weighted by Crippen LogP contribution is -2.34. The van der Waals surface area contributed by atoms with Crippen LogP contribution in [0.4, 0.5) is 0 Å². The summed E-state index contributed by atoms with van der Waals surface area (Å²) < 4.78 is 7.59. The smallest absolute Gasteiger partial charge is 0.272 e. The molecule has 0 aromatic carbocycles. The van der Waals surface area contributed by atoms with E-state index in [1.165, 1.54) is 0 Å². The third-order valence-electron chi connectivity index (χ3n) is 4.06. The van der Waals surface area contributed by atoms with Crippen molar-refractivity contribution in [3.05, 3.63) is 17.0 Å². The molecule has 1 aliphatic heterocycles. The summed E-state index contributed by atoms with van der Waals surface area (Å²) in [6.45, 7) is 9.60. The van der Waals surface area contributed by atoms with Crippen molar-refractivity contribution in [2.24, 2.45) is 0 Å². The van der Waals surface area contributed by atoms with Gasteiger partial charge in [0.05, 0.1) is 30.4 Å². The maximum absolute atomic E-state index is 12.9. The Labute approximate surface area is 131 Å². The number of nitrogens with zero attached hydrogens (tertiary/aromatic N) is 4. The van der Waals surface area contributed by atoms with Crippen LogP contribution >= 0.6 is 0 Å². The summed E-state index contributed by atoms with van der Waals surface area (Å²) in [7, 11) is 0. The second-order valence-electron chi connectivity index (χ2n) is 5.61. The molecule has 22 heavy (non-hydrogen) atoms. The van der Waals surface area contributed by atoms with E-state index < -0.39 is 0 Å². The molecular weight excluding hydrogens is 280 g/mol. The van der Waals surface area contributed by atoms with Gasteiger partial charge in [0.25, 0.3) is 5.91 Å². The maximum atomic E-state index is 12.9. The van der Waals surface area contributed by atoms with Gasteiger partial charge < -0.3 is 9.64 Å². The van der Waals surface area contributed by atoms with Crippen molar-refractivity contribution < 1.29 is 9.53 Å². The number of amides is 1. The number of hydrogen-bond donors (Lipinski definition) is 0. The standard InChI is InChI=1S/C16H24N4O2/c1-5-19(9-7-8-17)16(21)15-13-10-11(3)22-12(4)14(13)18-20(15)6-2/h11-12H,5-7,9-10H2,1-4H3/t11-,12+/m1/s1. The number of carbonyl (C=O) groups excluding carboxylic acids is 1. The molecule has 0 unspecified atom stereocenters. The predicted octanol–water partition coefficient (Wildman–Crippen LogP) is 2.30. The van der Waals surface area contributed by atoms with Crippen LogP contribution in [0.25, 0.3) is 0 Å². The van der Waals surface area contributed by atoms with E-state index in [0.717, 1.165) is 11.3 Å². The number of carbonyl (C=O) groups is 1. The third kappa shape index (κ3) is 3.00. The molecule has 0 saturated heterocycles. The van der Waals surface area contributed by atoms with Crippen LogP contribution in [0, 0.1) is 11.3 Å². The minimum atomic E-state index is -0.0905. The molecule has 120 valence electrons. The van der Waals surface area contributed by atoms with Gasteiger partial charge in [-0.3, -0.25) is 9.48 Å². The van der Waals surface area contributed by atoms with Crippen LogP contribution < -0.4 is 0 Å². The van der Waals surface area contributed by atoms with E-state index >= 15 is 0 Å². The molecule has 0 spiro atoms. The van der Waals surface area contributed by atoms with Gasteiger partial charge in [-0.1, -0.05) is 0 Å². The molecule has 6 heteroatoms. The maximum Gasteiger partial charge on any atom is 0.272 e. The van der Waals surface area contributed by atoms with Crippen LogP contribution in [0.2, 0.25) is 0 Å². The van der Waals surface area contributed by atoms with Crippen molar-refractivity contribution in [3.63, 3.8) is 0 Å². The van der Waals surface area contributed by atoms with Gasteiger partial charge in [-0.25, -0.2) is 0 Å². The van der Waals surface area contributed by atoms with Crippen molar-refractivity contribution in [2.75, 3.05) is 13.1 Å². The van der Waals surface area contributed by atoms with Gasteiger partial charge in [0.1, 0.15) is 5.69 Å². The van der Waals surface area contributed by atoms with Crippen LogP contribution in [0.5, 0.6) is 0 Å². The Morgan fingerprint density at radius 1 is 1.50 bits per heavy atom. The number of rotatable bonds is 5. The first kappa shape index (κ1) is 16.5. The van der Waals surface area contributed by atoms with Crippen LogP contribution in [0.1, 0.15) is 62.0 Å². The molecule has 1 aliphatic rings. The Morgan fingerprint density at radius 2 is 2.23 bits per heavy atom. The normalized spacial score (nSPS) is 20.3. The molecule has 0 N–H and O–H groups in total. The Balaban J connectivity index is 2.41. The van der Waals surface area contributed by atoms with E-state index in [2.05, 4.69) is 11.2 Å². The SMILES string of the molecule is CCN(CCC#N)C(=O)c1c2c(nn1CC)[C@H](C)O[C@H](C)C2. The number of aromatic nitrogens is 2. The second-order valence-corrected chi connectivity index (χ2v) is 5.61. The fourth-order valence-electron chi connectivity index (χ4n) is 3.00. The van der Waals surface area contributed by atoms with E-state index in [4.69, 9.17) is 10.00 Å². The minimum absolute atomic E-state index is 0.0327. The third-order valence-corrected chi connectivity index (χ3v) is 4.06. The van der Waals surface area contributed by atoms with Crippen molar-refractivity contribution in [1.82, 2.24) is 14.7 Å². The molecule has 0 bridgehead atoms. The zero-order valence-corrected chi connectivity index (χ0v) is 13.8. The molecule has 0 radical (unpaired) electrons. The molecule has 1 amide bonds. The second kappa shape index (κ2) is 6.93. The zero-order chi connectivity index (χ0) is 16.3. The molecular formula is C16H24N4O2. The minimum Gasteiger partial charge on any atom is -0.369 e. The lowest BCUT2D eigenvalue weighted by atomic mass is 9.99. The highest BCUT2D eigenvalue weighted by molar-refractivity contribution is 5.94. The Kier molecular flexibility index (Phi) is 5.19. The molecule has 0 aliphatic carbocycles. The molecule has 0 saturated carbocycles. The fourth-order valence-corrected chi connectivity index (χ4v) is 3.00. The van der Waals surface area contributed by atoms with Crippen LogP contribution in [-0.2, 0) is 17.7 Å². The fraction of sp³-hybridized carbons (Fsp3) is 0.688. The van der Waals surface area contributed by atoms with Gasteiger partial charge >= 0.3 is 0 Å². The van der Waals surface area contributed by atoms with Gasteiger partial charge in [0, 0.05) is 31.6 Å². The quantitative estimate of drug-likeness (QED) is 0.837. The summed E-state index contributed by atoms with van der Waals surface area (Å²) in [6.07, 6.45) is 1.04. The Bertz CT molecular complexity index is 588. The molecule has 1 aromatic heterocycles. The number of nitriles is 1. The average Bonchev–Trinajstić information content (AvgIpc) is 2.86. The highest BCUT2D eigenvalue weighted by atomic mass is 16.5. The topological polar surface area (TPSA) is 71.2 Å². The summed E-state index contributed by atoms with van der Waals surface area (Å²) in [5.41, 5.74) is 2.55. The van der Waals surface area contributed by atoms with E-state index in [1.807, 2.05) is 27.7 Å². The number of hydrogen-bond acceptors (Lipinski definition) is 4. The lowest BCUT2D eigenvalue weighted by molar-refractivity contribution is -0.00716. The van der Waals surface area contributed by atoms with Crippen molar-refractivity contribution in [3.8, 4) is 6.07 Å². The zero-order valence-electron chi connectivity index (χ0n) is 13.8.